The third-order valence-corrected chi connectivity index (χ3v) is 4.72. The van der Waals surface area contributed by atoms with Crippen molar-refractivity contribution in [3.8, 4) is 5.75 Å². The van der Waals surface area contributed by atoms with Crippen LogP contribution in [0.1, 0.15) is 38.7 Å². The van der Waals surface area contributed by atoms with E-state index in [-0.39, 0.29) is 5.60 Å². The van der Waals surface area contributed by atoms with E-state index in [4.69, 9.17) is 9.47 Å². The normalized spacial score (nSPS) is 30.2. The molecule has 1 saturated heterocycles. The molecule has 0 saturated carbocycles. The first kappa shape index (κ1) is 15.8. The van der Waals surface area contributed by atoms with Crippen molar-refractivity contribution in [3.63, 3.8) is 0 Å². The van der Waals surface area contributed by atoms with Crippen LogP contribution in [0.25, 0.3) is 0 Å². The number of ether oxygens (including phenoxy) is 2. The van der Waals surface area contributed by atoms with Crippen LogP contribution < -0.4 is 4.74 Å². The number of hydrogen-bond acceptors (Lipinski definition) is 3. The van der Waals surface area contributed by atoms with E-state index in [1.165, 1.54) is 0 Å². The summed E-state index contributed by atoms with van der Waals surface area (Å²) in [5.41, 5.74) is 0.0771. The number of halogens is 1. The highest BCUT2D eigenvalue weighted by atomic mass is 79.9. The van der Waals surface area contributed by atoms with Crippen LogP contribution in [0.2, 0.25) is 0 Å². The first-order valence-corrected chi connectivity index (χ1v) is 7.88. The molecule has 1 aliphatic rings. The lowest BCUT2D eigenvalue weighted by Crippen LogP contribution is -2.48. The van der Waals surface area contributed by atoms with Crippen LogP contribution in [0.15, 0.2) is 22.7 Å². The Morgan fingerprint density at radius 2 is 2.20 bits per heavy atom. The Hall–Kier alpha value is -0.580. The minimum atomic E-state index is -0.725. The molecule has 1 aromatic rings. The third-order valence-electron chi connectivity index (χ3n) is 4.23. The molecule has 2 rings (SSSR count). The van der Waals surface area contributed by atoms with Crippen LogP contribution in [0.4, 0.5) is 0 Å². The predicted octanol–water partition coefficient (Wildman–Crippen LogP) is 3.71. The Kier molecular flexibility index (Phi) is 4.77. The molecule has 0 spiro atoms. The minimum Gasteiger partial charge on any atom is -0.496 e. The lowest BCUT2D eigenvalue weighted by molar-refractivity contribution is -0.153. The smallest absolute Gasteiger partial charge is 0.122 e. The second-order valence-electron chi connectivity index (χ2n) is 5.94. The number of methoxy groups -OCH3 is 1. The fraction of sp³-hybridized carbons (Fsp3) is 0.625. The fourth-order valence-corrected chi connectivity index (χ4v) is 3.35. The lowest BCUT2D eigenvalue weighted by Gasteiger charge is -2.43. The van der Waals surface area contributed by atoms with Crippen LogP contribution >= 0.6 is 15.9 Å². The molecular formula is C16H23BrO3. The van der Waals surface area contributed by atoms with Gasteiger partial charge >= 0.3 is 0 Å². The molecule has 20 heavy (non-hydrogen) atoms. The number of hydrogen-bond donors (Lipinski definition) is 1. The van der Waals surface area contributed by atoms with Crippen LogP contribution in [0.5, 0.6) is 5.75 Å². The Balaban J connectivity index is 2.22. The molecule has 112 valence electrons. The molecule has 0 aliphatic carbocycles. The summed E-state index contributed by atoms with van der Waals surface area (Å²) < 4.78 is 12.2. The molecule has 0 amide bonds. The van der Waals surface area contributed by atoms with E-state index < -0.39 is 5.60 Å². The first-order chi connectivity index (χ1) is 9.40. The summed E-state index contributed by atoms with van der Waals surface area (Å²) in [4.78, 5) is 0. The molecule has 1 aliphatic heterocycles. The van der Waals surface area contributed by atoms with E-state index in [1.54, 1.807) is 7.11 Å². The average molecular weight is 343 g/mol. The molecule has 2 atom stereocenters. The molecule has 1 aromatic carbocycles. The quantitative estimate of drug-likeness (QED) is 0.906. The largest absolute Gasteiger partial charge is 0.496 e. The molecule has 1 heterocycles. The van der Waals surface area contributed by atoms with Gasteiger partial charge in [-0.2, -0.15) is 0 Å². The summed E-state index contributed by atoms with van der Waals surface area (Å²) >= 11 is 3.48. The number of rotatable bonds is 4. The molecule has 2 unspecified atom stereocenters. The molecule has 3 nitrogen and oxygen atoms in total. The summed E-state index contributed by atoms with van der Waals surface area (Å²) in [6.07, 6.45) is 2.82. The standard InChI is InChI=1S/C16H23BrO3/c1-4-15(2)11-16(18,7-8-20-15)10-12-9-13(17)5-6-14(12)19-3/h5-6,9,18H,4,7-8,10-11H2,1-3H3. The van der Waals surface area contributed by atoms with Gasteiger partial charge in [-0.15, -0.1) is 0 Å². The van der Waals surface area contributed by atoms with E-state index in [0.29, 0.717) is 25.9 Å². The van der Waals surface area contributed by atoms with Gasteiger partial charge in [-0.3, -0.25) is 0 Å². The van der Waals surface area contributed by atoms with Gasteiger partial charge in [-0.1, -0.05) is 22.9 Å². The van der Waals surface area contributed by atoms with Crippen LogP contribution in [0, 0.1) is 0 Å². The Bertz CT molecular complexity index is 477. The summed E-state index contributed by atoms with van der Waals surface area (Å²) in [5.74, 6) is 0.825. The van der Waals surface area contributed by atoms with Crippen LogP contribution in [-0.2, 0) is 11.2 Å². The highest BCUT2D eigenvalue weighted by molar-refractivity contribution is 9.10. The van der Waals surface area contributed by atoms with Crippen molar-refractivity contribution in [2.24, 2.45) is 0 Å². The summed E-state index contributed by atoms with van der Waals surface area (Å²) in [6.45, 7) is 4.79. The maximum atomic E-state index is 11.0. The maximum Gasteiger partial charge on any atom is 0.122 e. The molecule has 0 aromatic heterocycles. The highest BCUT2D eigenvalue weighted by Gasteiger charge is 2.41. The van der Waals surface area contributed by atoms with Crippen LogP contribution in [-0.4, -0.2) is 30.0 Å². The molecule has 0 radical (unpaired) electrons. The fourth-order valence-electron chi connectivity index (χ4n) is 2.94. The SMILES string of the molecule is CCC1(C)CC(O)(Cc2cc(Br)ccc2OC)CCO1. The van der Waals surface area contributed by atoms with Gasteiger partial charge in [0.1, 0.15) is 5.75 Å². The minimum absolute atomic E-state index is 0.230. The van der Waals surface area contributed by atoms with Gasteiger partial charge in [-0.05, 0) is 43.5 Å². The first-order valence-electron chi connectivity index (χ1n) is 7.08. The Morgan fingerprint density at radius 3 is 2.85 bits per heavy atom. The topological polar surface area (TPSA) is 38.7 Å². The second-order valence-corrected chi connectivity index (χ2v) is 6.85. The van der Waals surface area contributed by atoms with Gasteiger partial charge in [0.25, 0.3) is 0 Å². The van der Waals surface area contributed by atoms with E-state index in [9.17, 15) is 5.11 Å². The zero-order chi connectivity index (χ0) is 14.8. The summed E-state index contributed by atoms with van der Waals surface area (Å²) in [7, 11) is 1.66. The summed E-state index contributed by atoms with van der Waals surface area (Å²) in [5, 5.41) is 11.0. The molecule has 1 fully saturated rings. The highest BCUT2D eigenvalue weighted by Crippen LogP contribution is 2.38. The average Bonchev–Trinajstić information content (AvgIpc) is 2.38. The monoisotopic (exact) mass is 342 g/mol. The van der Waals surface area contributed by atoms with Crippen molar-refractivity contribution in [1.29, 1.82) is 0 Å². The van der Waals surface area contributed by atoms with Gasteiger partial charge in [-0.25, -0.2) is 0 Å². The molecule has 4 heteroatoms. The number of aliphatic hydroxyl groups is 1. The van der Waals surface area contributed by atoms with E-state index in [2.05, 4.69) is 29.8 Å². The van der Waals surface area contributed by atoms with Gasteiger partial charge in [0.05, 0.1) is 24.9 Å². The Labute approximate surface area is 129 Å². The van der Waals surface area contributed by atoms with Crippen molar-refractivity contribution in [3.05, 3.63) is 28.2 Å². The lowest BCUT2D eigenvalue weighted by atomic mass is 9.78. The van der Waals surface area contributed by atoms with E-state index in [0.717, 1.165) is 22.2 Å². The molecule has 1 N–H and O–H groups in total. The van der Waals surface area contributed by atoms with Gasteiger partial charge < -0.3 is 14.6 Å². The molecule has 0 bridgehead atoms. The van der Waals surface area contributed by atoms with Crippen molar-refractivity contribution in [1.82, 2.24) is 0 Å². The van der Waals surface area contributed by atoms with Crippen molar-refractivity contribution < 1.29 is 14.6 Å². The van der Waals surface area contributed by atoms with Gasteiger partial charge in [0, 0.05) is 17.3 Å². The zero-order valence-corrected chi connectivity index (χ0v) is 14.0. The van der Waals surface area contributed by atoms with E-state index >= 15 is 0 Å². The Morgan fingerprint density at radius 1 is 1.45 bits per heavy atom. The number of benzene rings is 1. The van der Waals surface area contributed by atoms with Crippen molar-refractivity contribution in [2.45, 2.75) is 50.7 Å². The second kappa shape index (κ2) is 6.04. The third kappa shape index (κ3) is 3.54. The maximum absolute atomic E-state index is 11.0. The van der Waals surface area contributed by atoms with Crippen molar-refractivity contribution in [2.75, 3.05) is 13.7 Å². The summed E-state index contributed by atoms with van der Waals surface area (Å²) in [6, 6.07) is 5.91. The van der Waals surface area contributed by atoms with Gasteiger partial charge in [0.2, 0.25) is 0 Å². The predicted molar refractivity (Wildman–Crippen MR) is 83.2 cm³/mol. The molecular weight excluding hydrogens is 320 g/mol. The van der Waals surface area contributed by atoms with Crippen LogP contribution in [0.3, 0.4) is 0 Å². The van der Waals surface area contributed by atoms with Crippen molar-refractivity contribution >= 4 is 15.9 Å². The van der Waals surface area contributed by atoms with Gasteiger partial charge in [0.15, 0.2) is 0 Å². The van der Waals surface area contributed by atoms with E-state index in [1.807, 2.05) is 18.2 Å². The zero-order valence-electron chi connectivity index (χ0n) is 12.4.